The second-order valence-electron chi connectivity index (χ2n) is 9.23. The van der Waals surface area contributed by atoms with Crippen molar-refractivity contribution in [3.8, 4) is 11.1 Å². The largest absolute Gasteiger partial charge is 0.598 e. The van der Waals surface area contributed by atoms with Gasteiger partial charge in [0.25, 0.3) is 5.56 Å². The molecule has 0 aliphatic heterocycles. The van der Waals surface area contributed by atoms with Crippen molar-refractivity contribution in [1.29, 1.82) is 0 Å². The van der Waals surface area contributed by atoms with Crippen molar-refractivity contribution in [3.05, 3.63) is 93.2 Å². The van der Waals surface area contributed by atoms with Crippen LogP contribution in [0, 0.1) is 5.82 Å². The summed E-state index contributed by atoms with van der Waals surface area (Å²) in [6.45, 7) is 5.36. The van der Waals surface area contributed by atoms with E-state index in [0.717, 1.165) is 12.8 Å². The van der Waals surface area contributed by atoms with E-state index in [4.69, 9.17) is 0 Å². The molecule has 2 atom stereocenters. The molecule has 7 nitrogen and oxygen atoms in total. The van der Waals surface area contributed by atoms with Gasteiger partial charge >= 0.3 is 0 Å². The number of aromatic nitrogens is 1. The molecule has 1 N–H and O–H groups in total. The van der Waals surface area contributed by atoms with Gasteiger partial charge in [-0.15, -0.1) is 4.72 Å². The van der Waals surface area contributed by atoms with Gasteiger partial charge in [0, 0.05) is 53.1 Å². The third-order valence-corrected chi connectivity index (χ3v) is 9.20. The summed E-state index contributed by atoms with van der Waals surface area (Å²) in [5.41, 5.74) is 2.23. The van der Waals surface area contributed by atoms with E-state index in [1.807, 2.05) is 6.92 Å². The molecule has 1 aromatic heterocycles. The smallest absolute Gasteiger partial charge is 0.250 e. The summed E-state index contributed by atoms with van der Waals surface area (Å²) in [7, 11) is -1.78. The van der Waals surface area contributed by atoms with Gasteiger partial charge in [0.2, 0.25) is 0 Å². The van der Waals surface area contributed by atoms with Gasteiger partial charge in [-0.05, 0) is 60.4 Å². The van der Waals surface area contributed by atoms with Crippen LogP contribution in [-0.2, 0) is 34.0 Å². The number of hydrogen-bond acceptors (Lipinski definition) is 6. The Morgan fingerprint density at radius 1 is 1.11 bits per heavy atom. The fraction of sp³-hybridized carbons (Fsp3) is 0.357. The third-order valence-electron chi connectivity index (χ3n) is 6.27. The summed E-state index contributed by atoms with van der Waals surface area (Å²) in [6, 6.07) is 10.9. The Bertz CT molecular complexity index is 1450. The zero-order chi connectivity index (χ0) is 28.0. The molecule has 3 rings (SSSR count). The number of nitrogens with zero attached hydrogens (tertiary/aromatic N) is 1. The number of ketones is 1. The second-order valence-corrected chi connectivity index (χ2v) is 12.9. The van der Waals surface area contributed by atoms with E-state index in [0.29, 0.717) is 28.0 Å². The van der Waals surface area contributed by atoms with Crippen LogP contribution in [0.3, 0.4) is 0 Å². The molecule has 1 heterocycles. The third kappa shape index (κ3) is 7.41. The van der Waals surface area contributed by atoms with Gasteiger partial charge in [-0.25, -0.2) is 12.8 Å². The molecule has 10 heteroatoms. The lowest BCUT2D eigenvalue weighted by Crippen LogP contribution is -2.30. The number of carbonyl (C=O) groups excluding carboxylic acids is 1. The van der Waals surface area contributed by atoms with Gasteiger partial charge in [-0.1, -0.05) is 32.4 Å². The molecule has 204 valence electrons. The van der Waals surface area contributed by atoms with Crippen molar-refractivity contribution in [2.45, 2.75) is 45.4 Å². The maximum atomic E-state index is 13.6. The maximum Gasteiger partial charge on any atom is 0.250 e. The summed E-state index contributed by atoms with van der Waals surface area (Å²) in [5.74, 6) is -0.638. The standard InChI is InChI=1S/C28H33FN2O5S2/c1-5-7-14-37(34)30-19(3)24-16-27(32)31(4)17-26(24)25-15-20(18-38(35,36)6-2)8-13-23(25)28(33)21-9-11-22(29)12-10-21/h8-13,15-17,19,30H,5-7,14,18H2,1-4H3/t19-,37?/m0/s1. The summed E-state index contributed by atoms with van der Waals surface area (Å²) in [4.78, 5) is 26.2. The lowest BCUT2D eigenvalue weighted by Gasteiger charge is -2.21. The molecular formula is C28H33FN2O5S2. The highest BCUT2D eigenvalue weighted by atomic mass is 32.2. The fourth-order valence-corrected chi connectivity index (χ4v) is 6.12. The Morgan fingerprint density at radius 3 is 2.42 bits per heavy atom. The number of halogens is 1. The van der Waals surface area contributed by atoms with E-state index in [1.54, 1.807) is 45.3 Å². The lowest BCUT2D eigenvalue weighted by atomic mass is 9.89. The van der Waals surface area contributed by atoms with E-state index in [1.165, 1.54) is 34.9 Å². The fourth-order valence-electron chi connectivity index (χ4n) is 4.04. The van der Waals surface area contributed by atoms with E-state index in [2.05, 4.69) is 4.72 Å². The topological polar surface area (TPSA) is 108 Å². The van der Waals surface area contributed by atoms with Gasteiger partial charge in [0.1, 0.15) is 11.6 Å². The number of nitrogens with one attached hydrogen (secondary N) is 1. The first-order chi connectivity index (χ1) is 18.0. The molecule has 0 saturated carbocycles. The molecule has 0 amide bonds. The number of pyridine rings is 1. The summed E-state index contributed by atoms with van der Waals surface area (Å²) < 4.78 is 55.3. The molecule has 0 radical (unpaired) electrons. The quantitative estimate of drug-likeness (QED) is 0.259. The molecule has 1 unspecified atom stereocenters. The Hall–Kier alpha value is -2.79. The first-order valence-electron chi connectivity index (χ1n) is 12.4. The predicted octanol–water partition coefficient (Wildman–Crippen LogP) is 4.47. The number of aryl methyl sites for hydroxylation is 1. The van der Waals surface area contributed by atoms with Crippen LogP contribution in [0.2, 0.25) is 0 Å². The Balaban J connectivity index is 2.21. The van der Waals surface area contributed by atoms with Gasteiger partial charge in [-0.2, -0.15) is 0 Å². The van der Waals surface area contributed by atoms with Crippen LogP contribution in [0.5, 0.6) is 0 Å². The van der Waals surface area contributed by atoms with Crippen LogP contribution in [0.15, 0.2) is 59.5 Å². The number of sulfone groups is 1. The van der Waals surface area contributed by atoms with Crippen molar-refractivity contribution in [1.82, 2.24) is 9.29 Å². The number of carbonyl (C=O) groups is 1. The minimum absolute atomic E-state index is 0.0335. The van der Waals surface area contributed by atoms with Gasteiger partial charge in [-0.3, -0.25) is 9.59 Å². The van der Waals surface area contributed by atoms with E-state index in [-0.39, 0.29) is 34.0 Å². The molecule has 0 fully saturated rings. The molecule has 0 bridgehead atoms. The van der Waals surface area contributed by atoms with E-state index >= 15 is 0 Å². The summed E-state index contributed by atoms with van der Waals surface area (Å²) >= 11 is -1.33. The highest BCUT2D eigenvalue weighted by molar-refractivity contribution is 7.90. The number of hydrogen-bond donors (Lipinski definition) is 1. The molecule has 0 aliphatic rings. The van der Waals surface area contributed by atoms with Crippen molar-refractivity contribution < 1.29 is 22.2 Å². The van der Waals surface area contributed by atoms with Crippen LogP contribution >= 0.6 is 0 Å². The number of benzene rings is 2. The molecule has 2 aromatic carbocycles. The van der Waals surface area contributed by atoms with Crippen LogP contribution < -0.4 is 10.3 Å². The summed E-state index contributed by atoms with van der Waals surface area (Å²) in [6.07, 6.45) is 3.26. The lowest BCUT2D eigenvalue weighted by molar-refractivity contribution is 0.103. The number of unbranched alkanes of at least 4 members (excludes halogenated alkanes) is 1. The Labute approximate surface area is 226 Å². The molecule has 3 aromatic rings. The van der Waals surface area contributed by atoms with Crippen molar-refractivity contribution >= 4 is 27.0 Å². The Morgan fingerprint density at radius 2 is 1.79 bits per heavy atom. The second kappa shape index (κ2) is 12.8. The minimum Gasteiger partial charge on any atom is -0.598 e. The van der Waals surface area contributed by atoms with Crippen LogP contribution in [-0.4, -0.2) is 34.8 Å². The SMILES string of the molecule is CCCC[S+]([O-])N[C@@H](C)c1cc(=O)n(C)cc1-c1cc(CS(=O)(=O)CC)ccc1C(=O)c1ccc(F)cc1. The predicted molar refractivity (Wildman–Crippen MR) is 150 cm³/mol. The zero-order valence-corrected chi connectivity index (χ0v) is 23.6. The highest BCUT2D eigenvalue weighted by Crippen LogP contribution is 2.33. The molecular weight excluding hydrogens is 527 g/mol. The van der Waals surface area contributed by atoms with Crippen LogP contribution in [0.25, 0.3) is 11.1 Å². The first-order valence-corrected chi connectivity index (χ1v) is 15.6. The minimum atomic E-state index is -3.36. The molecule has 38 heavy (non-hydrogen) atoms. The van der Waals surface area contributed by atoms with Crippen LogP contribution in [0.1, 0.15) is 66.7 Å². The van der Waals surface area contributed by atoms with Crippen molar-refractivity contribution in [3.63, 3.8) is 0 Å². The van der Waals surface area contributed by atoms with Gasteiger partial charge in [0.05, 0.1) is 11.8 Å². The normalized spacial score (nSPS) is 13.3. The van der Waals surface area contributed by atoms with Crippen LogP contribution in [0.4, 0.5) is 4.39 Å². The average Bonchev–Trinajstić information content (AvgIpc) is 2.88. The zero-order valence-electron chi connectivity index (χ0n) is 22.0. The van der Waals surface area contributed by atoms with Gasteiger partial charge in [0.15, 0.2) is 15.6 Å². The van der Waals surface area contributed by atoms with Gasteiger partial charge < -0.3 is 9.12 Å². The molecule has 0 saturated heterocycles. The molecule has 0 aliphatic carbocycles. The monoisotopic (exact) mass is 560 g/mol. The maximum absolute atomic E-state index is 13.6. The van der Waals surface area contributed by atoms with Crippen molar-refractivity contribution in [2.75, 3.05) is 11.5 Å². The highest BCUT2D eigenvalue weighted by Gasteiger charge is 2.24. The average molecular weight is 561 g/mol. The van der Waals surface area contributed by atoms with Crippen molar-refractivity contribution in [2.24, 2.45) is 7.05 Å². The van der Waals surface area contributed by atoms with E-state index in [9.17, 15) is 27.0 Å². The summed E-state index contributed by atoms with van der Waals surface area (Å²) in [5, 5.41) is 0. The first kappa shape index (κ1) is 29.8. The Kier molecular flexibility index (Phi) is 10.1. The molecule has 0 spiro atoms. The van der Waals surface area contributed by atoms with E-state index < -0.39 is 33.1 Å². The number of rotatable bonds is 12.